The van der Waals surface area contributed by atoms with Gasteiger partial charge in [0.15, 0.2) is 0 Å². The molecule has 0 aliphatic rings. The number of nitrogens with two attached hydrogens (primary N) is 1. The van der Waals surface area contributed by atoms with Crippen molar-refractivity contribution in [2.45, 2.75) is 33.2 Å². The zero-order valence-electron chi connectivity index (χ0n) is 11.4. The van der Waals surface area contributed by atoms with Crippen LogP contribution in [0.5, 0.6) is 0 Å². The third-order valence-corrected chi connectivity index (χ3v) is 3.09. The average molecular weight is 276 g/mol. The Kier molecular flexibility index (Phi) is 9.77. The SMILES string of the molecule is CCOC(=O)C(N)CCSCC(=O)NCC(C)C. The van der Waals surface area contributed by atoms with E-state index in [1.54, 1.807) is 6.92 Å². The molecule has 1 unspecified atom stereocenters. The zero-order valence-corrected chi connectivity index (χ0v) is 12.2. The Balaban J connectivity index is 3.55. The molecular weight excluding hydrogens is 252 g/mol. The fourth-order valence-corrected chi connectivity index (χ4v) is 1.96. The van der Waals surface area contributed by atoms with Crippen LogP contribution >= 0.6 is 11.8 Å². The molecule has 0 radical (unpaired) electrons. The molecule has 106 valence electrons. The molecule has 3 N–H and O–H groups in total. The van der Waals surface area contributed by atoms with Crippen molar-refractivity contribution in [3.05, 3.63) is 0 Å². The Morgan fingerprint density at radius 2 is 2.06 bits per heavy atom. The Morgan fingerprint density at radius 3 is 2.61 bits per heavy atom. The van der Waals surface area contributed by atoms with Crippen LogP contribution in [0.3, 0.4) is 0 Å². The molecule has 0 bridgehead atoms. The van der Waals surface area contributed by atoms with Crippen LogP contribution in [0.2, 0.25) is 0 Å². The molecule has 1 amide bonds. The smallest absolute Gasteiger partial charge is 0.322 e. The lowest BCUT2D eigenvalue weighted by atomic mass is 10.2. The predicted molar refractivity (Wildman–Crippen MR) is 74.4 cm³/mol. The van der Waals surface area contributed by atoms with Crippen molar-refractivity contribution >= 4 is 23.6 Å². The highest BCUT2D eigenvalue weighted by atomic mass is 32.2. The van der Waals surface area contributed by atoms with Crippen LogP contribution in [-0.4, -0.2) is 42.6 Å². The van der Waals surface area contributed by atoms with Gasteiger partial charge in [-0.1, -0.05) is 13.8 Å². The van der Waals surface area contributed by atoms with Crippen molar-refractivity contribution in [2.75, 3.05) is 24.7 Å². The number of nitrogens with one attached hydrogen (secondary N) is 1. The molecule has 0 heterocycles. The van der Waals surface area contributed by atoms with Gasteiger partial charge in [0.25, 0.3) is 0 Å². The average Bonchev–Trinajstić information content (AvgIpc) is 2.32. The summed E-state index contributed by atoms with van der Waals surface area (Å²) in [6.45, 7) is 6.88. The van der Waals surface area contributed by atoms with Crippen LogP contribution < -0.4 is 11.1 Å². The second kappa shape index (κ2) is 10.2. The molecule has 0 fully saturated rings. The first kappa shape index (κ1) is 17.2. The molecule has 0 aromatic carbocycles. The molecule has 0 aliphatic heterocycles. The highest BCUT2D eigenvalue weighted by Gasteiger charge is 2.14. The molecular formula is C12H24N2O3S. The van der Waals surface area contributed by atoms with E-state index in [0.29, 0.717) is 37.0 Å². The minimum absolute atomic E-state index is 0.0263. The van der Waals surface area contributed by atoms with E-state index in [9.17, 15) is 9.59 Å². The second-order valence-corrected chi connectivity index (χ2v) is 5.50. The molecule has 0 aliphatic carbocycles. The van der Waals surface area contributed by atoms with Crippen molar-refractivity contribution < 1.29 is 14.3 Å². The number of rotatable bonds is 9. The van der Waals surface area contributed by atoms with Gasteiger partial charge in [-0.25, -0.2) is 0 Å². The van der Waals surface area contributed by atoms with Gasteiger partial charge in [0.2, 0.25) is 5.91 Å². The number of carbonyl (C=O) groups excluding carboxylic acids is 2. The summed E-state index contributed by atoms with van der Waals surface area (Å²) in [6.07, 6.45) is 0.529. The van der Waals surface area contributed by atoms with E-state index >= 15 is 0 Å². The van der Waals surface area contributed by atoms with Gasteiger partial charge in [-0.3, -0.25) is 9.59 Å². The minimum Gasteiger partial charge on any atom is -0.465 e. The van der Waals surface area contributed by atoms with Crippen molar-refractivity contribution in [2.24, 2.45) is 11.7 Å². The number of amides is 1. The molecule has 0 saturated heterocycles. The minimum atomic E-state index is -0.587. The summed E-state index contributed by atoms with van der Waals surface area (Å²) in [6, 6.07) is -0.587. The first-order valence-corrected chi connectivity index (χ1v) is 7.39. The number of hydrogen-bond acceptors (Lipinski definition) is 5. The molecule has 0 saturated carbocycles. The van der Waals surface area contributed by atoms with Crippen LogP contribution in [0.1, 0.15) is 27.2 Å². The van der Waals surface area contributed by atoms with Gasteiger partial charge >= 0.3 is 5.97 Å². The number of carbonyl (C=O) groups is 2. The summed E-state index contributed by atoms with van der Waals surface area (Å²) in [5.41, 5.74) is 5.63. The van der Waals surface area contributed by atoms with E-state index in [1.807, 2.05) is 13.8 Å². The lowest BCUT2D eigenvalue weighted by molar-refractivity contribution is -0.144. The van der Waals surface area contributed by atoms with E-state index in [4.69, 9.17) is 10.5 Å². The molecule has 0 spiro atoms. The Morgan fingerprint density at radius 1 is 1.39 bits per heavy atom. The third kappa shape index (κ3) is 9.30. The quantitative estimate of drug-likeness (QED) is 0.480. The maximum absolute atomic E-state index is 11.4. The number of ether oxygens (including phenoxy) is 1. The topological polar surface area (TPSA) is 81.4 Å². The van der Waals surface area contributed by atoms with Crippen LogP contribution in [0.15, 0.2) is 0 Å². The lowest BCUT2D eigenvalue weighted by Gasteiger charge is -2.10. The molecule has 0 aromatic rings. The maximum atomic E-state index is 11.4. The van der Waals surface area contributed by atoms with Crippen molar-refractivity contribution in [3.63, 3.8) is 0 Å². The summed E-state index contributed by atoms with van der Waals surface area (Å²) < 4.78 is 4.79. The maximum Gasteiger partial charge on any atom is 0.322 e. The first-order valence-electron chi connectivity index (χ1n) is 6.24. The summed E-state index contributed by atoms with van der Waals surface area (Å²) in [7, 11) is 0. The third-order valence-electron chi connectivity index (χ3n) is 2.10. The summed E-state index contributed by atoms with van der Waals surface area (Å²) >= 11 is 1.48. The lowest BCUT2D eigenvalue weighted by Crippen LogP contribution is -2.33. The highest BCUT2D eigenvalue weighted by Crippen LogP contribution is 2.05. The van der Waals surface area contributed by atoms with E-state index in [2.05, 4.69) is 5.32 Å². The van der Waals surface area contributed by atoms with E-state index in [-0.39, 0.29) is 11.9 Å². The van der Waals surface area contributed by atoms with Crippen molar-refractivity contribution in [1.82, 2.24) is 5.32 Å². The summed E-state index contributed by atoms with van der Waals surface area (Å²) in [5.74, 6) is 1.19. The highest BCUT2D eigenvalue weighted by molar-refractivity contribution is 7.99. The summed E-state index contributed by atoms with van der Waals surface area (Å²) in [5, 5.41) is 2.83. The molecule has 0 rings (SSSR count). The zero-order chi connectivity index (χ0) is 14.0. The van der Waals surface area contributed by atoms with Gasteiger partial charge in [0, 0.05) is 6.54 Å². The standard InChI is InChI=1S/C12H24N2O3S/c1-4-17-12(16)10(13)5-6-18-8-11(15)14-7-9(2)3/h9-10H,4-8,13H2,1-3H3,(H,14,15). The van der Waals surface area contributed by atoms with Crippen molar-refractivity contribution in [1.29, 1.82) is 0 Å². The summed E-state index contributed by atoms with van der Waals surface area (Å²) in [4.78, 5) is 22.6. The van der Waals surface area contributed by atoms with Crippen LogP contribution in [0, 0.1) is 5.92 Å². The van der Waals surface area contributed by atoms with Crippen LogP contribution in [-0.2, 0) is 14.3 Å². The van der Waals surface area contributed by atoms with E-state index in [0.717, 1.165) is 0 Å². The number of esters is 1. The molecule has 0 aromatic heterocycles. The molecule has 5 nitrogen and oxygen atoms in total. The Bertz CT molecular complexity index is 260. The van der Waals surface area contributed by atoms with Gasteiger partial charge in [0.1, 0.15) is 6.04 Å². The number of thioether (sulfide) groups is 1. The second-order valence-electron chi connectivity index (χ2n) is 4.40. The monoisotopic (exact) mass is 276 g/mol. The van der Waals surface area contributed by atoms with E-state index in [1.165, 1.54) is 11.8 Å². The van der Waals surface area contributed by atoms with Crippen molar-refractivity contribution in [3.8, 4) is 0 Å². The van der Waals surface area contributed by atoms with Crippen LogP contribution in [0.4, 0.5) is 0 Å². The molecule has 6 heteroatoms. The van der Waals surface area contributed by atoms with Gasteiger partial charge in [-0.2, -0.15) is 11.8 Å². The molecule has 1 atom stereocenters. The Hall–Kier alpha value is -0.750. The van der Waals surface area contributed by atoms with Gasteiger partial charge in [-0.05, 0) is 25.0 Å². The largest absolute Gasteiger partial charge is 0.465 e. The first-order chi connectivity index (χ1) is 8.47. The van der Waals surface area contributed by atoms with Gasteiger partial charge in [0.05, 0.1) is 12.4 Å². The molecule has 18 heavy (non-hydrogen) atoms. The fourth-order valence-electron chi connectivity index (χ4n) is 1.11. The van der Waals surface area contributed by atoms with Gasteiger partial charge < -0.3 is 15.8 Å². The van der Waals surface area contributed by atoms with Crippen LogP contribution in [0.25, 0.3) is 0 Å². The fraction of sp³-hybridized carbons (Fsp3) is 0.833. The number of hydrogen-bond donors (Lipinski definition) is 2. The normalized spacial score (nSPS) is 12.3. The predicted octanol–water partition coefficient (Wildman–Crippen LogP) is 0.772. The Labute approximate surface area is 113 Å². The van der Waals surface area contributed by atoms with E-state index < -0.39 is 6.04 Å². The van der Waals surface area contributed by atoms with Gasteiger partial charge in [-0.15, -0.1) is 0 Å².